The number of aryl methyl sites for hydroxylation is 2. The van der Waals surface area contributed by atoms with E-state index in [-0.39, 0.29) is 11.4 Å². The third kappa shape index (κ3) is 3.80. The lowest BCUT2D eigenvalue weighted by Crippen LogP contribution is -2.14. The fourth-order valence-corrected chi connectivity index (χ4v) is 4.12. The molecule has 0 saturated heterocycles. The standard InChI is InChI=1S/C22H18FN7OS/c1-13-3-9-17(10-4-13)29-20(15-5-7-16(23)8-6-15)26-27-22(29)32-12-18-25-21-24-14(2)11-19(31)30(21)28-18/h3-11H,12H2,1-2H3,(H,24,25,28). The minimum absolute atomic E-state index is 0.210. The molecule has 0 atom stereocenters. The summed E-state index contributed by atoms with van der Waals surface area (Å²) in [5, 5.41) is 12.4. The molecule has 3 heterocycles. The molecule has 160 valence electrons. The third-order valence-electron chi connectivity index (χ3n) is 4.87. The number of rotatable bonds is 5. The predicted octanol–water partition coefficient (Wildman–Crippen LogP) is 3.71. The third-order valence-corrected chi connectivity index (χ3v) is 5.81. The van der Waals surface area contributed by atoms with Crippen molar-refractivity contribution in [3.8, 4) is 17.1 Å². The van der Waals surface area contributed by atoms with E-state index in [9.17, 15) is 9.18 Å². The first-order chi connectivity index (χ1) is 15.5. The number of nitrogens with one attached hydrogen (secondary N) is 1. The molecule has 0 saturated carbocycles. The second-order valence-electron chi connectivity index (χ2n) is 7.31. The van der Waals surface area contributed by atoms with E-state index in [1.807, 2.05) is 35.8 Å². The summed E-state index contributed by atoms with van der Waals surface area (Å²) in [7, 11) is 0. The van der Waals surface area contributed by atoms with Crippen LogP contribution in [-0.2, 0) is 5.75 Å². The topological polar surface area (TPSA) is 93.8 Å². The fourth-order valence-electron chi connectivity index (χ4n) is 3.31. The van der Waals surface area contributed by atoms with Crippen molar-refractivity contribution in [2.75, 3.05) is 0 Å². The summed E-state index contributed by atoms with van der Waals surface area (Å²) in [4.78, 5) is 20.8. The Balaban J connectivity index is 1.52. The maximum atomic E-state index is 13.4. The largest absolute Gasteiger partial charge is 0.274 e. The Morgan fingerprint density at radius 1 is 1.00 bits per heavy atom. The molecule has 0 aliphatic rings. The lowest BCUT2D eigenvalue weighted by Gasteiger charge is -2.10. The lowest BCUT2D eigenvalue weighted by molar-refractivity contribution is 0.628. The number of nitrogens with zero attached hydrogens (tertiary/aromatic N) is 6. The second kappa shape index (κ2) is 8.04. The molecule has 0 spiro atoms. The monoisotopic (exact) mass is 447 g/mol. The number of aromatic amines is 1. The average molecular weight is 447 g/mol. The summed E-state index contributed by atoms with van der Waals surface area (Å²) in [6, 6.07) is 15.6. The highest BCUT2D eigenvalue weighted by Gasteiger charge is 2.17. The van der Waals surface area contributed by atoms with E-state index in [1.54, 1.807) is 19.1 Å². The molecule has 2 aromatic carbocycles. The Morgan fingerprint density at radius 2 is 1.75 bits per heavy atom. The Kier molecular flexibility index (Phi) is 5.06. The number of aromatic nitrogens is 7. The van der Waals surface area contributed by atoms with E-state index < -0.39 is 0 Å². The Bertz CT molecular complexity index is 1470. The van der Waals surface area contributed by atoms with Gasteiger partial charge in [0.1, 0.15) is 11.6 Å². The van der Waals surface area contributed by atoms with Crippen molar-refractivity contribution in [2.45, 2.75) is 24.8 Å². The fraction of sp³-hybridized carbons (Fsp3) is 0.136. The van der Waals surface area contributed by atoms with Gasteiger partial charge in [0.05, 0.1) is 5.75 Å². The van der Waals surface area contributed by atoms with Crippen molar-refractivity contribution >= 4 is 17.5 Å². The summed E-state index contributed by atoms with van der Waals surface area (Å²) in [5.74, 6) is 1.64. The first-order valence-corrected chi connectivity index (χ1v) is 10.8. The zero-order valence-electron chi connectivity index (χ0n) is 17.3. The van der Waals surface area contributed by atoms with Gasteiger partial charge in [-0.15, -0.1) is 10.2 Å². The van der Waals surface area contributed by atoms with Crippen molar-refractivity contribution in [2.24, 2.45) is 0 Å². The van der Waals surface area contributed by atoms with Crippen molar-refractivity contribution in [1.82, 2.24) is 34.3 Å². The average Bonchev–Trinajstić information content (AvgIpc) is 3.37. The van der Waals surface area contributed by atoms with Gasteiger partial charge < -0.3 is 0 Å². The van der Waals surface area contributed by atoms with Crippen LogP contribution in [0.2, 0.25) is 0 Å². The minimum Gasteiger partial charge on any atom is -0.274 e. The van der Waals surface area contributed by atoms with Gasteiger partial charge in [-0.3, -0.25) is 14.5 Å². The first-order valence-electron chi connectivity index (χ1n) is 9.84. The number of benzene rings is 2. The highest BCUT2D eigenvalue weighted by atomic mass is 32.2. The Labute approximate surface area is 186 Å². The highest BCUT2D eigenvalue weighted by Crippen LogP contribution is 2.29. The smallest absolute Gasteiger partial charge is 0.274 e. The van der Waals surface area contributed by atoms with Crippen LogP contribution in [-0.4, -0.2) is 34.3 Å². The molecule has 0 aliphatic carbocycles. The molecule has 8 nitrogen and oxygen atoms in total. The molecule has 10 heteroatoms. The van der Waals surface area contributed by atoms with Crippen molar-refractivity contribution < 1.29 is 4.39 Å². The SMILES string of the molecule is Cc1ccc(-n2c(SCc3nc4nc(C)cc(=O)n4[nH]3)nnc2-c2ccc(F)cc2)cc1. The van der Waals surface area contributed by atoms with Crippen LogP contribution in [0.3, 0.4) is 0 Å². The van der Waals surface area contributed by atoms with E-state index in [0.29, 0.717) is 34.0 Å². The van der Waals surface area contributed by atoms with Gasteiger partial charge in [-0.05, 0) is 50.2 Å². The first kappa shape index (κ1) is 20.1. The quantitative estimate of drug-likeness (QED) is 0.413. The Morgan fingerprint density at radius 3 is 2.50 bits per heavy atom. The lowest BCUT2D eigenvalue weighted by atomic mass is 10.2. The molecule has 0 radical (unpaired) electrons. The van der Waals surface area contributed by atoms with E-state index in [2.05, 4.69) is 25.3 Å². The number of hydrogen-bond acceptors (Lipinski definition) is 6. The van der Waals surface area contributed by atoms with Gasteiger partial charge in [0.2, 0.25) is 0 Å². The van der Waals surface area contributed by atoms with Gasteiger partial charge in [0.15, 0.2) is 11.0 Å². The van der Waals surface area contributed by atoms with Crippen LogP contribution < -0.4 is 5.56 Å². The Hall–Kier alpha value is -3.79. The summed E-state index contributed by atoms with van der Waals surface area (Å²) < 4.78 is 16.7. The molecular formula is C22H18FN7OS. The summed E-state index contributed by atoms with van der Waals surface area (Å²) in [5.41, 5.74) is 3.18. The molecule has 5 aromatic rings. The minimum atomic E-state index is -0.311. The van der Waals surface area contributed by atoms with Crippen molar-refractivity contribution in [3.63, 3.8) is 0 Å². The van der Waals surface area contributed by atoms with Crippen LogP contribution in [0.5, 0.6) is 0 Å². The van der Waals surface area contributed by atoms with E-state index in [0.717, 1.165) is 16.8 Å². The number of H-pyrrole nitrogens is 1. The van der Waals surface area contributed by atoms with Crippen molar-refractivity contribution in [1.29, 1.82) is 0 Å². The molecule has 0 bridgehead atoms. The molecule has 0 fully saturated rings. The molecule has 3 aromatic heterocycles. The van der Waals surface area contributed by atoms with Gasteiger partial charge in [-0.2, -0.15) is 9.50 Å². The maximum Gasteiger partial charge on any atom is 0.274 e. The number of fused-ring (bicyclic) bond motifs is 1. The van der Waals surface area contributed by atoms with Crippen LogP contribution in [0, 0.1) is 19.7 Å². The molecule has 0 unspecified atom stereocenters. The van der Waals surface area contributed by atoms with Gasteiger partial charge >= 0.3 is 0 Å². The van der Waals surface area contributed by atoms with Gasteiger partial charge in [-0.25, -0.2) is 9.37 Å². The number of halogens is 1. The van der Waals surface area contributed by atoms with Crippen LogP contribution in [0.25, 0.3) is 22.9 Å². The molecule has 5 rings (SSSR count). The van der Waals surface area contributed by atoms with E-state index >= 15 is 0 Å². The second-order valence-corrected chi connectivity index (χ2v) is 8.26. The maximum absolute atomic E-state index is 13.4. The van der Waals surface area contributed by atoms with Crippen molar-refractivity contribution in [3.05, 3.63) is 87.9 Å². The molecule has 32 heavy (non-hydrogen) atoms. The van der Waals surface area contributed by atoms with E-state index in [1.165, 1.54) is 34.5 Å². The molecule has 0 amide bonds. The van der Waals surface area contributed by atoms with Gasteiger partial charge in [-0.1, -0.05) is 29.5 Å². The predicted molar refractivity (Wildman–Crippen MR) is 119 cm³/mol. The van der Waals surface area contributed by atoms with Gasteiger partial charge in [0.25, 0.3) is 11.3 Å². The van der Waals surface area contributed by atoms with Crippen LogP contribution in [0.4, 0.5) is 4.39 Å². The number of hydrogen-bond donors (Lipinski definition) is 1. The van der Waals surface area contributed by atoms with Crippen LogP contribution in [0.1, 0.15) is 17.1 Å². The van der Waals surface area contributed by atoms with Crippen LogP contribution in [0.15, 0.2) is 64.5 Å². The summed E-state index contributed by atoms with van der Waals surface area (Å²) in [6.45, 7) is 3.78. The highest BCUT2D eigenvalue weighted by molar-refractivity contribution is 7.98. The summed E-state index contributed by atoms with van der Waals surface area (Å²) >= 11 is 1.42. The molecule has 0 aliphatic heterocycles. The number of thioether (sulfide) groups is 1. The normalized spacial score (nSPS) is 11.3. The zero-order chi connectivity index (χ0) is 22.2. The zero-order valence-corrected chi connectivity index (χ0v) is 18.1. The van der Waals surface area contributed by atoms with Crippen LogP contribution >= 0.6 is 11.8 Å². The van der Waals surface area contributed by atoms with Gasteiger partial charge in [0, 0.05) is 23.0 Å². The molecular weight excluding hydrogens is 429 g/mol. The van der Waals surface area contributed by atoms with E-state index in [4.69, 9.17) is 0 Å². The molecule has 1 N–H and O–H groups in total. The summed E-state index contributed by atoms with van der Waals surface area (Å²) in [6.07, 6.45) is 0.